The van der Waals surface area contributed by atoms with E-state index in [2.05, 4.69) is 15.3 Å². The number of hydrogen-bond donors (Lipinski definition) is 1. The van der Waals surface area contributed by atoms with Crippen LogP contribution in [-0.4, -0.2) is 28.4 Å². The summed E-state index contributed by atoms with van der Waals surface area (Å²) in [6.45, 7) is 2.17. The number of hydrogen-bond acceptors (Lipinski definition) is 6. The zero-order valence-electron chi connectivity index (χ0n) is 12.0. The van der Waals surface area contributed by atoms with Crippen LogP contribution in [0.15, 0.2) is 41.8 Å². The fourth-order valence-corrected chi connectivity index (χ4v) is 2.65. The van der Waals surface area contributed by atoms with Gasteiger partial charge in [0.2, 0.25) is 12.7 Å². The number of benzene rings is 1. The van der Waals surface area contributed by atoms with Gasteiger partial charge >= 0.3 is 0 Å². The van der Waals surface area contributed by atoms with Gasteiger partial charge in [0.25, 0.3) is 0 Å². The van der Waals surface area contributed by atoms with Crippen LogP contribution in [0.25, 0.3) is 0 Å². The summed E-state index contributed by atoms with van der Waals surface area (Å²) in [5.74, 6) is 1.66. The quantitative estimate of drug-likeness (QED) is 0.673. The standard InChI is InChI=1S/C15H15N3O3S/c1-10(11-3-4-12-13(7-11)21-9-20-12)18-14(19)8-22-15-16-5-2-6-17-15/h2-7,10H,8-9H2,1H3,(H,18,19)/t10-/m0/s1. The van der Waals surface area contributed by atoms with Crippen LogP contribution in [0.3, 0.4) is 0 Å². The van der Waals surface area contributed by atoms with Crippen LogP contribution in [0.4, 0.5) is 0 Å². The lowest BCUT2D eigenvalue weighted by molar-refractivity contribution is -0.119. The number of fused-ring (bicyclic) bond motifs is 1. The minimum atomic E-state index is -0.112. The van der Waals surface area contributed by atoms with E-state index in [0.29, 0.717) is 10.9 Å². The Morgan fingerprint density at radius 2 is 2.09 bits per heavy atom. The largest absolute Gasteiger partial charge is 0.454 e. The Morgan fingerprint density at radius 3 is 2.91 bits per heavy atom. The highest BCUT2D eigenvalue weighted by Gasteiger charge is 2.17. The van der Waals surface area contributed by atoms with Crippen LogP contribution in [0, 0.1) is 0 Å². The van der Waals surface area contributed by atoms with Gasteiger partial charge in [0.15, 0.2) is 16.7 Å². The molecule has 114 valence electrons. The van der Waals surface area contributed by atoms with Gasteiger partial charge in [-0.1, -0.05) is 17.8 Å². The molecule has 1 aliphatic rings. The molecule has 22 heavy (non-hydrogen) atoms. The summed E-state index contributed by atoms with van der Waals surface area (Å²) in [6, 6.07) is 7.30. The Hall–Kier alpha value is -2.28. The fourth-order valence-electron chi connectivity index (χ4n) is 2.04. The predicted octanol–water partition coefficient (Wildman–Crippen LogP) is 2.17. The van der Waals surface area contributed by atoms with Crippen molar-refractivity contribution in [3.8, 4) is 11.5 Å². The molecular weight excluding hydrogens is 302 g/mol. The number of nitrogens with one attached hydrogen (secondary N) is 1. The first-order valence-electron chi connectivity index (χ1n) is 6.81. The molecule has 0 bridgehead atoms. The maximum Gasteiger partial charge on any atom is 0.231 e. The van der Waals surface area contributed by atoms with E-state index in [9.17, 15) is 4.79 Å². The number of ether oxygens (including phenoxy) is 2. The van der Waals surface area contributed by atoms with Crippen LogP contribution >= 0.6 is 11.8 Å². The number of carbonyl (C=O) groups excluding carboxylic acids is 1. The first kappa shape index (κ1) is 14.6. The van der Waals surface area contributed by atoms with Crippen molar-refractivity contribution in [2.24, 2.45) is 0 Å². The minimum Gasteiger partial charge on any atom is -0.454 e. The fraction of sp³-hybridized carbons (Fsp3) is 0.267. The third-order valence-electron chi connectivity index (χ3n) is 3.15. The van der Waals surface area contributed by atoms with Crippen molar-refractivity contribution in [2.75, 3.05) is 12.5 Å². The average Bonchev–Trinajstić information content (AvgIpc) is 3.01. The topological polar surface area (TPSA) is 73.3 Å². The average molecular weight is 317 g/mol. The maximum absolute atomic E-state index is 12.0. The third-order valence-corrected chi connectivity index (χ3v) is 4.02. The van der Waals surface area contributed by atoms with Crippen LogP contribution in [-0.2, 0) is 4.79 Å². The monoisotopic (exact) mass is 317 g/mol. The molecule has 0 radical (unpaired) electrons. The molecule has 2 aromatic rings. The molecule has 2 heterocycles. The summed E-state index contributed by atoms with van der Waals surface area (Å²) in [4.78, 5) is 20.1. The van der Waals surface area contributed by atoms with Gasteiger partial charge in [0.05, 0.1) is 11.8 Å². The molecule has 7 heteroatoms. The van der Waals surface area contributed by atoms with Crippen molar-refractivity contribution < 1.29 is 14.3 Å². The van der Waals surface area contributed by atoms with Gasteiger partial charge in [-0.3, -0.25) is 4.79 Å². The number of nitrogens with zero attached hydrogens (tertiary/aromatic N) is 2. The molecule has 1 aliphatic heterocycles. The number of carbonyl (C=O) groups is 1. The summed E-state index contributed by atoms with van der Waals surface area (Å²) < 4.78 is 10.6. The second-order valence-electron chi connectivity index (χ2n) is 4.72. The lowest BCUT2D eigenvalue weighted by atomic mass is 10.1. The molecule has 3 rings (SSSR count). The Morgan fingerprint density at radius 1 is 1.32 bits per heavy atom. The molecule has 0 fully saturated rings. The van der Waals surface area contributed by atoms with E-state index in [4.69, 9.17) is 9.47 Å². The number of aromatic nitrogens is 2. The van der Waals surface area contributed by atoms with Gasteiger partial charge < -0.3 is 14.8 Å². The molecule has 1 amide bonds. The summed E-state index contributed by atoms with van der Waals surface area (Å²) in [5.41, 5.74) is 0.971. The zero-order chi connectivity index (χ0) is 15.4. The molecule has 1 N–H and O–H groups in total. The van der Waals surface area contributed by atoms with Crippen molar-refractivity contribution in [3.63, 3.8) is 0 Å². The first-order valence-corrected chi connectivity index (χ1v) is 7.79. The molecular formula is C15H15N3O3S. The highest BCUT2D eigenvalue weighted by molar-refractivity contribution is 7.99. The van der Waals surface area contributed by atoms with Crippen molar-refractivity contribution >= 4 is 17.7 Å². The molecule has 0 unspecified atom stereocenters. The van der Waals surface area contributed by atoms with Gasteiger partial charge in [-0.25, -0.2) is 9.97 Å². The van der Waals surface area contributed by atoms with E-state index in [-0.39, 0.29) is 24.5 Å². The number of rotatable bonds is 5. The normalized spacial score (nSPS) is 13.7. The highest BCUT2D eigenvalue weighted by atomic mass is 32.2. The van der Waals surface area contributed by atoms with E-state index < -0.39 is 0 Å². The summed E-state index contributed by atoms with van der Waals surface area (Å²) in [7, 11) is 0. The second kappa shape index (κ2) is 6.65. The van der Waals surface area contributed by atoms with E-state index in [1.165, 1.54) is 11.8 Å². The van der Waals surface area contributed by atoms with E-state index in [1.807, 2.05) is 25.1 Å². The van der Waals surface area contributed by atoms with Gasteiger partial charge in [-0.15, -0.1) is 0 Å². The third kappa shape index (κ3) is 3.48. The van der Waals surface area contributed by atoms with Gasteiger partial charge in [0, 0.05) is 12.4 Å². The van der Waals surface area contributed by atoms with E-state index in [1.54, 1.807) is 18.5 Å². The van der Waals surface area contributed by atoms with Crippen LogP contribution in [0.1, 0.15) is 18.5 Å². The van der Waals surface area contributed by atoms with Crippen molar-refractivity contribution in [3.05, 3.63) is 42.2 Å². The SMILES string of the molecule is C[C@H](NC(=O)CSc1ncccn1)c1ccc2c(c1)OCO2. The van der Waals surface area contributed by atoms with Crippen LogP contribution < -0.4 is 14.8 Å². The Balaban J connectivity index is 1.55. The van der Waals surface area contributed by atoms with E-state index >= 15 is 0 Å². The maximum atomic E-state index is 12.0. The van der Waals surface area contributed by atoms with Crippen LogP contribution in [0.5, 0.6) is 11.5 Å². The van der Waals surface area contributed by atoms with Crippen molar-refractivity contribution in [2.45, 2.75) is 18.1 Å². The Labute approximate surface area is 132 Å². The Bertz CT molecular complexity index is 666. The molecule has 1 atom stereocenters. The molecule has 0 saturated carbocycles. The summed E-state index contributed by atoms with van der Waals surface area (Å²) >= 11 is 1.31. The zero-order valence-corrected chi connectivity index (χ0v) is 12.8. The van der Waals surface area contributed by atoms with Gasteiger partial charge in [-0.05, 0) is 30.7 Å². The summed E-state index contributed by atoms with van der Waals surface area (Å²) in [6.07, 6.45) is 3.31. The Kier molecular flexibility index (Phi) is 4.43. The molecule has 0 aliphatic carbocycles. The van der Waals surface area contributed by atoms with Gasteiger partial charge in [0.1, 0.15) is 0 Å². The lowest BCUT2D eigenvalue weighted by Crippen LogP contribution is -2.28. The summed E-state index contributed by atoms with van der Waals surface area (Å²) in [5, 5.41) is 3.54. The molecule has 0 spiro atoms. The van der Waals surface area contributed by atoms with Gasteiger partial charge in [-0.2, -0.15) is 0 Å². The number of amides is 1. The first-order chi connectivity index (χ1) is 10.7. The molecule has 6 nitrogen and oxygen atoms in total. The van der Waals surface area contributed by atoms with E-state index in [0.717, 1.165) is 11.3 Å². The number of thioether (sulfide) groups is 1. The molecule has 1 aromatic heterocycles. The molecule has 0 saturated heterocycles. The predicted molar refractivity (Wildman–Crippen MR) is 81.9 cm³/mol. The highest BCUT2D eigenvalue weighted by Crippen LogP contribution is 2.34. The van der Waals surface area contributed by atoms with Crippen molar-refractivity contribution in [1.82, 2.24) is 15.3 Å². The minimum absolute atomic E-state index is 0.0670. The smallest absolute Gasteiger partial charge is 0.231 e. The van der Waals surface area contributed by atoms with Crippen LogP contribution in [0.2, 0.25) is 0 Å². The lowest BCUT2D eigenvalue weighted by Gasteiger charge is -2.14. The second-order valence-corrected chi connectivity index (χ2v) is 5.66. The van der Waals surface area contributed by atoms with Crippen molar-refractivity contribution in [1.29, 1.82) is 0 Å². The molecule has 1 aromatic carbocycles.